The SMILES string of the molecule is CC(CCNC1CC1)Oc1cccnc1. The van der Waals surface area contributed by atoms with E-state index in [4.69, 9.17) is 4.74 Å². The highest BCUT2D eigenvalue weighted by atomic mass is 16.5. The Kier molecular flexibility index (Phi) is 3.56. The zero-order valence-corrected chi connectivity index (χ0v) is 9.15. The third kappa shape index (κ3) is 3.88. The number of hydrogen-bond donors (Lipinski definition) is 1. The van der Waals surface area contributed by atoms with Gasteiger partial charge in [0.1, 0.15) is 5.75 Å². The lowest BCUT2D eigenvalue weighted by Crippen LogP contribution is -2.23. The Morgan fingerprint density at radius 1 is 1.60 bits per heavy atom. The first-order chi connectivity index (χ1) is 7.34. The molecule has 1 heterocycles. The predicted octanol–water partition coefficient (Wildman–Crippen LogP) is 1.99. The van der Waals surface area contributed by atoms with Crippen LogP contribution in [-0.4, -0.2) is 23.7 Å². The minimum atomic E-state index is 0.250. The van der Waals surface area contributed by atoms with Crippen molar-refractivity contribution in [2.75, 3.05) is 6.54 Å². The monoisotopic (exact) mass is 206 g/mol. The largest absolute Gasteiger partial charge is 0.489 e. The lowest BCUT2D eigenvalue weighted by Gasteiger charge is -2.14. The Bertz CT molecular complexity index is 285. The zero-order chi connectivity index (χ0) is 10.5. The maximum atomic E-state index is 5.71. The van der Waals surface area contributed by atoms with E-state index in [2.05, 4.69) is 17.2 Å². The van der Waals surface area contributed by atoms with Crippen LogP contribution < -0.4 is 10.1 Å². The smallest absolute Gasteiger partial charge is 0.137 e. The van der Waals surface area contributed by atoms with E-state index in [0.717, 1.165) is 24.8 Å². The molecule has 0 bridgehead atoms. The standard InChI is InChI=1S/C12H18N2O/c1-10(6-8-14-11-4-5-11)15-12-3-2-7-13-9-12/h2-3,7,9-11,14H,4-6,8H2,1H3. The van der Waals surface area contributed by atoms with Crippen LogP contribution in [-0.2, 0) is 0 Å². The molecule has 1 atom stereocenters. The zero-order valence-electron chi connectivity index (χ0n) is 9.15. The van der Waals surface area contributed by atoms with Gasteiger partial charge in [-0.1, -0.05) is 0 Å². The second-order valence-electron chi connectivity index (χ2n) is 4.13. The van der Waals surface area contributed by atoms with Gasteiger partial charge in [-0.05, 0) is 44.9 Å². The molecule has 15 heavy (non-hydrogen) atoms. The maximum absolute atomic E-state index is 5.71. The molecule has 0 aliphatic heterocycles. The van der Waals surface area contributed by atoms with Gasteiger partial charge in [-0.15, -0.1) is 0 Å². The van der Waals surface area contributed by atoms with Gasteiger partial charge < -0.3 is 10.1 Å². The number of nitrogens with zero attached hydrogens (tertiary/aromatic N) is 1. The van der Waals surface area contributed by atoms with Crippen LogP contribution in [0.4, 0.5) is 0 Å². The van der Waals surface area contributed by atoms with E-state index in [0.29, 0.717) is 0 Å². The Morgan fingerprint density at radius 3 is 3.13 bits per heavy atom. The van der Waals surface area contributed by atoms with Crippen LogP contribution in [0.25, 0.3) is 0 Å². The maximum Gasteiger partial charge on any atom is 0.137 e. The van der Waals surface area contributed by atoms with Crippen molar-refractivity contribution in [1.82, 2.24) is 10.3 Å². The second kappa shape index (κ2) is 5.12. The van der Waals surface area contributed by atoms with E-state index >= 15 is 0 Å². The lowest BCUT2D eigenvalue weighted by molar-refractivity contribution is 0.209. The molecule has 1 N–H and O–H groups in total. The normalized spacial score (nSPS) is 17.4. The van der Waals surface area contributed by atoms with Crippen molar-refractivity contribution in [3.63, 3.8) is 0 Å². The Balaban J connectivity index is 1.65. The Labute approximate surface area is 90.9 Å². The van der Waals surface area contributed by atoms with Crippen LogP contribution >= 0.6 is 0 Å². The van der Waals surface area contributed by atoms with Gasteiger partial charge in [-0.2, -0.15) is 0 Å². The highest BCUT2D eigenvalue weighted by Gasteiger charge is 2.20. The van der Waals surface area contributed by atoms with Crippen molar-refractivity contribution >= 4 is 0 Å². The molecule has 0 saturated heterocycles. The summed E-state index contributed by atoms with van der Waals surface area (Å²) >= 11 is 0. The van der Waals surface area contributed by atoms with Gasteiger partial charge in [0.15, 0.2) is 0 Å². The van der Waals surface area contributed by atoms with Gasteiger partial charge >= 0.3 is 0 Å². The third-order valence-electron chi connectivity index (χ3n) is 2.53. The summed E-state index contributed by atoms with van der Waals surface area (Å²) in [5, 5.41) is 3.48. The summed E-state index contributed by atoms with van der Waals surface area (Å²) in [5.41, 5.74) is 0. The van der Waals surface area contributed by atoms with Crippen molar-refractivity contribution < 1.29 is 4.74 Å². The summed E-state index contributed by atoms with van der Waals surface area (Å²) < 4.78 is 5.71. The van der Waals surface area contributed by atoms with E-state index in [9.17, 15) is 0 Å². The Hall–Kier alpha value is -1.09. The number of rotatable bonds is 6. The van der Waals surface area contributed by atoms with Gasteiger partial charge in [0, 0.05) is 12.2 Å². The van der Waals surface area contributed by atoms with E-state index in [1.165, 1.54) is 12.8 Å². The molecule has 1 aliphatic rings. The van der Waals surface area contributed by atoms with Gasteiger partial charge in [0.05, 0.1) is 12.3 Å². The average molecular weight is 206 g/mol. The molecular weight excluding hydrogens is 188 g/mol. The van der Waals surface area contributed by atoms with E-state index < -0.39 is 0 Å². The predicted molar refractivity (Wildman–Crippen MR) is 60.0 cm³/mol. The summed E-state index contributed by atoms with van der Waals surface area (Å²) in [6.07, 6.45) is 7.50. The molecule has 3 heteroatoms. The highest BCUT2D eigenvalue weighted by Crippen LogP contribution is 2.18. The van der Waals surface area contributed by atoms with Gasteiger partial charge in [0.2, 0.25) is 0 Å². The minimum absolute atomic E-state index is 0.250. The van der Waals surface area contributed by atoms with Crippen molar-refractivity contribution in [1.29, 1.82) is 0 Å². The van der Waals surface area contributed by atoms with Crippen molar-refractivity contribution in [2.24, 2.45) is 0 Å². The molecule has 1 aromatic heterocycles. The summed E-state index contributed by atoms with van der Waals surface area (Å²) in [6, 6.07) is 4.62. The van der Waals surface area contributed by atoms with E-state index in [-0.39, 0.29) is 6.10 Å². The fourth-order valence-corrected chi connectivity index (χ4v) is 1.49. The minimum Gasteiger partial charge on any atom is -0.489 e. The fourth-order valence-electron chi connectivity index (χ4n) is 1.49. The number of hydrogen-bond acceptors (Lipinski definition) is 3. The topological polar surface area (TPSA) is 34.1 Å². The van der Waals surface area contributed by atoms with Crippen molar-refractivity contribution in [3.05, 3.63) is 24.5 Å². The summed E-state index contributed by atoms with van der Waals surface area (Å²) in [7, 11) is 0. The molecule has 1 saturated carbocycles. The molecular formula is C12H18N2O. The van der Waals surface area contributed by atoms with Crippen molar-refractivity contribution in [3.8, 4) is 5.75 Å². The van der Waals surface area contributed by atoms with Crippen LogP contribution in [0.2, 0.25) is 0 Å². The van der Waals surface area contributed by atoms with Crippen LogP contribution in [0, 0.1) is 0 Å². The molecule has 0 radical (unpaired) electrons. The third-order valence-corrected chi connectivity index (χ3v) is 2.53. The van der Waals surface area contributed by atoms with Crippen molar-refractivity contribution in [2.45, 2.75) is 38.3 Å². The second-order valence-corrected chi connectivity index (χ2v) is 4.13. The van der Waals surface area contributed by atoms with Gasteiger partial charge in [-0.25, -0.2) is 0 Å². The summed E-state index contributed by atoms with van der Waals surface area (Å²) in [4.78, 5) is 4.02. The lowest BCUT2D eigenvalue weighted by atomic mass is 10.3. The fraction of sp³-hybridized carbons (Fsp3) is 0.583. The molecule has 1 unspecified atom stereocenters. The summed E-state index contributed by atoms with van der Waals surface area (Å²) in [6.45, 7) is 3.15. The average Bonchev–Trinajstić information content (AvgIpc) is 3.03. The van der Waals surface area contributed by atoms with Gasteiger partial charge in [0.25, 0.3) is 0 Å². The first kappa shape index (κ1) is 10.4. The summed E-state index contributed by atoms with van der Waals surface area (Å²) in [5.74, 6) is 0.858. The number of pyridine rings is 1. The number of ether oxygens (including phenoxy) is 1. The van der Waals surface area contributed by atoms with Crippen LogP contribution in [0.3, 0.4) is 0 Å². The number of aromatic nitrogens is 1. The molecule has 0 aromatic carbocycles. The molecule has 1 aliphatic carbocycles. The van der Waals surface area contributed by atoms with Crippen LogP contribution in [0.5, 0.6) is 5.75 Å². The molecule has 82 valence electrons. The van der Waals surface area contributed by atoms with E-state index in [1.807, 2.05) is 12.1 Å². The van der Waals surface area contributed by atoms with Crippen LogP contribution in [0.15, 0.2) is 24.5 Å². The first-order valence-corrected chi connectivity index (χ1v) is 5.64. The molecule has 0 amide bonds. The Morgan fingerprint density at radius 2 is 2.47 bits per heavy atom. The van der Waals surface area contributed by atoms with E-state index in [1.54, 1.807) is 12.4 Å². The quantitative estimate of drug-likeness (QED) is 0.773. The first-order valence-electron chi connectivity index (χ1n) is 5.64. The molecule has 1 fully saturated rings. The molecule has 0 spiro atoms. The van der Waals surface area contributed by atoms with Gasteiger partial charge in [-0.3, -0.25) is 4.98 Å². The molecule has 3 nitrogen and oxygen atoms in total. The highest BCUT2D eigenvalue weighted by molar-refractivity contribution is 5.15. The number of nitrogens with one attached hydrogen (secondary N) is 1. The van der Waals surface area contributed by atoms with Crippen LogP contribution in [0.1, 0.15) is 26.2 Å². The molecule has 2 rings (SSSR count). The molecule has 1 aromatic rings.